The molecule has 2 heterocycles. The SMILES string of the molecule is CC(Sc1nnc(CNc2ccc(Br)cc2)n1C)C(=O)NN=Cc1ccccn1. The van der Waals surface area contributed by atoms with Gasteiger partial charge in [-0.3, -0.25) is 9.78 Å². The molecule has 1 unspecified atom stereocenters. The van der Waals surface area contributed by atoms with Crippen molar-refractivity contribution in [3.05, 3.63) is 64.7 Å². The zero-order valence-electron chi connectivity index (χ0n) is 15.9. The Morgan fingerprint density at radius 3 is 2.79 bits per heavy atom. The van der Waals surface area contributed by atoms with Gasteiger partial charge >= 0.3 is 0 Å². The number of nitrogens with zero attached hydrogens (tertiary/aromatic N) is 5. The van der Waals surface area contributed by atoms with Gasteiger partial charge in [0.05, 0.1) is 23.7 Å². The van der Waals surface area contributed by atoms with E-state index in [2.05, 4.69) is 47.0 Å². The Kier molecular flexibility index (Phi) is 7.36. The van der Waals surface area contributed by atoms with Crippen LogP contribution < -0.4 is 10.7 Å². The number of amides is 1. The largest absolute Gasteiger partial charge is 0.378 e. The van der Waals surface area contributed by atoms with E-state index in [1.807, 2.05) is 48.0 Å². The van der Waals surface area contributed by atoms with Gasteiger partial charge in [-0.25, -0.2) is 5.43 Å². The molecule has 8 nitrogen and oxygen atoms in total. The van der Waals surface area contributed by atoms with Crippen molar-refractivity contribution in [2.24, 2.45) is 12.1 Å². The van der Waals surface area contributed by atoms with Gasteiger partial charge in [0.2, 0.25) is 0 Å². The average molecular weight is 474 g/mol. The molecule has 0 saturated heterocycles. The second-order valence-corrected chi connectivity index (χ2v) is 8.29. The highest BCUT2D eigenvalue weighted by Crippen LogP contribution is 2.22. The lowest BCUT2D eigenvalue weighted by molar-refractivity contribution is -0.120. The second kappa shape index (κ2) is 10.2. The lowest BCUT2D eigenvalue weighted by Crippen LogP contribution is -2.27. The maximum atomic E-state index is 12.3. The van der Waals surface area contributed by atoms with Gasteiger partial charge in [0.25, 0.3) is 5.91 Å². The number of benzene rings is 1. The summed E-state index contributed by atoms with van der Waals surface area (Å²) in [5.74, 6) is 0.552. The molecular weight excluding hydrogens is 454 g/mol. The number of carbonyl (C=O) groups is 1. The fraction of sp³-hybridized carbons (Fsp3) is 0.211. The van der Waals surface area contributed by atoms with Crippen LogP contribution in [-0.4, -0.2) is 37.1 Å². The number of thioether (sulfide) groups is 1. The van der Waals surface area contributed by atoms with Crippen LogP contribution in [0.1, 0.15) is 18.4 Å². The van der Waals surface area contributed by atoms with Crippen LogP contribution in [0.25, 0.3) is 0 Å². The molecule has 0 aliphatic carbocycles. The van der Waals surface area contributed by atoms with Crippen molar-refractivity contribution in [3.63, 3.8) is 0 Å². The lowest BCUT2D eigenvalue weighted by Gasteiger charge is -2.10. The van der Waals surface area contributed by atoms with Crippen LogP contribution in [0.2, 0.25) is 0 Å². The predicted molar refractivity (Wildman–Crippen MR) is 118 cm³/mol. The van der Waals surface area contributed by atoms with Crippen LogP contribution in [0.15, 0.2) is 63.4 Å². The number of anilines is 1. The molecule has 0 spiro atoms. The second-order valence-electron chi connectivity index (χ2n) is 6.07. The van der Waals surface area contributed by atoms with E-state index >= 15 is 0 Å². The summed E-state index contributed by atoms with van der Waals surface area (Å²) in [6.07, 6.45) is 3.17. The summed E-state index contributed by atoms with van der Waals surface area (Å²) in [7, 11) is 1.88. The van der Waals surface area contributed by atoms with E-state index in [0.29, 0.717) is 17.4 Å². The monoisotopic (exact) mass is 473 g/mol. The summed E-state index contributed by atoms with van der Waals surface area (Å²) in [5, 5.41) is 15.9. The van der Waals surface area contributed by atoms with Gasteiger partial charge in [-0.2, -0.15) is 5.10 Å². The van der Waals surface area contributed by atoms with Crippen LogP contribution in [0.4, 0.5) is 5.69 Å². The fourth-order valence-electron chi connectivity index (χ4n) is 2.27. The molecule has 0 bridgehead atoms. The molecule has 0 aliphatic rings. The van der Waals surface area contributed by atoms with Crippen molar-refractivity contribution < 1.29 is 4.79 Å². The van der Waals surface area contributed by atoms with E-state index in [9.17, 15) is 4.79 Å². The summed E-state index contributed by atoms with van der Waals surface area (Å²) in [4.78, 5) is 16.4. The number of carbonyl (C=O) groups excluding carboxylic acids is 1. The lowest BCUT2D eigenvalue weighted by atomic mass is 10.3. The van der Waals surface area contributed by atoms with Gasteiger partial charge in [0.1, 0.15) is 0 Å². The van der Waals surface area contributed by atoms with Crippen molar-refractivity contribution in [2.75, 3.05) is 5.32 Å². The maximum Gasteiger partial charge on any atom is 0.253 e. The number of pyridine rings is 1. The molecule has 1 amide bonds. The highest BCUT2D eigenvalue weighted by atomic mass is 79.9. The number of hydrazone groups is 1. The number of halogens is 1. The summed E-state index contributed by atoms with van der Waals surface area (Å²) in [6.45, 7) is 2.32. The third-order valence-electron chi connectivity index (χ3n) is 3.93. The van der Waals surface area contributed by atoms with Crippen LogP contribution in [0.3, 0.4) is 0 Å². The highest BCUT2D eigenvalue weighted by Gasteiger charge is 2.18. The van der Waals surface area contributed by atoms with Crippen molar-refractivity contribution in [3.8, 4) is 0 Å². The van der Waals surface area contributed by atoms with Crippen LogP contribution in [-0.2, 0) is 18.4 Å². The maximum absolute atomic E-state index is 12.3. The molecular formula is C19H20BrN7OS. The van der Waals surface area contributed by atoms with Gasteiger partial charge < -0.3 is 9.88 Å². The third kappa shape index (κ3) is 6.13. The molecule has 2 N–H and O–H groups in total. The first-order valence-electron chi connectivity index (χ1n) is 8.81. The number of hydrogen-bond donors (Lipinski definition) is 2. The van der Waals surface area contributed by atoms with Gasteiger partial charge in [-0.15, -0.1) is 10.2 Å². The molecule has 2 aromatic heterocycles. The fourth-order valence-corrected chi connectivity index (χ4v) is 3.36. The van der Waals surface area contributed by atoms with Crippen LogP contribution >= 0.6 is 27.7 Å². The smallest absolute Gasteiger partial charge is 0.253 e. The van der Waals surface area contributed by atoms with E-state index in [1.165, 1.54) is 18.0 Å². The number of aromatic nitrogens is 4. The van der Waals surface area contributed by atoms with Crippen molar-refractivity contribution in [1.29, 1.82) is 0 Å². The molecule has 150 valence electrons. The highest BCUT2D eigenvalue weighted by molar-refractivity contribution is 9.10. The molecule has 10 heteroatoms. The predicted octanol–water partition coefficient (Wildman–Crippen LogP) is 3.22. The molecule has 1 aromatic carbocycles. The number of nitrogens with one attached hydrogen (secondary N) is 2. The molecule has 0 fully saturated rings. The standard InChI is InChI=1S/C19H20BrN7OS/c1-13(18(28)25-23-11-16-5-3-4-10-21-16)29-19-26-24-17(27(19)2)12-22-15-8-6-14(20)7-9-15/h3-11,13,22H,12H2,1-2H3,(H,25,28). The van der Waals surface area contributed by atoms with E-state index in [1.54, 1.807) is 19.2 Å². The summed E-state index contributed by atoms with van der Waals surface area (Å²) in [5.41, 5.74) is 4.19. The first kappa shape index (κ1) is 21.0. The zero-order valence-corrected chi connectivity index (χ0v) is 18.3. The topological polar surface area (TPSA) is 97.1 Å². The number of rotatable bonds is 8. The molecule has 0 radical (unpaired) electrons. The Labute approximate surface area is 181 Å². The first-order chi connectivity index (χ1) is 14.0. The van der Waals surface area contributed by atoms with Gasteiger partial charge in [0.15, 0.2) is 11.0 Å². The molecule has 0 aliphatic heterocycles. The van der Waals surface area contributed by atoms with Gasteiger partial charge in [0, 0.05) is 23.4 Å². The minimum atomic E-state index is -0.383. The van der Waals surface area contributed by atoms with E-state index < -0.39 is 0 Å². The summed E-state index contributed by atoms with van der Waals surface area (Å²) >= 11 is 4.74. The quantitative estimate of drug-likeness (QED) is 0.296. The Hall–Kier alpha value is -2.72. The number of hydrogen-bond acceptors (Lipinski definition) is 7. The van der Waals surface area contributed by atoms with Crippen molar-refractivity contribution in [2.45, 2.75) is 23.9 Å². The van der Waals surface area contributed by atoms with Gasteiger partial charge in [-0.1, -0.05) is 33.8 Å². The Balaban J connectivity index is 1.52. The van der Waals surface area contributed by atoms with Crippen LogP contribution in [0.5, 0.6) is 0 Å². The minimum Gasteiger partial charge on any atom is -0.378 e. The summed E-state index contributed by atoms with van der Waals surface area (Å²) < 4.78 is 2.90. The normalized spacial score (nSPS) is 12.1. The molecule has 3 aromatic rings. The van der Waals surface area contributed by atoms with E-state index in [4.69, 9.17) is 0 Å². The zero-order chi connectivity index (χ0) is 20.6. The first-order valence-corrected chi connectivity index (χ1v) is 10.5. The molecule has 0 saturated carbocycles. The minimum absolute atomic E-state index is 0.222. The van der Waals surface area contributed by atoms with Crippen LogP contribution in [0, 0.1) is 0 Å². The molecule has 3 rings (SSSR count). The van der Waals surface area contributed by atoms with Gasteiger partial charge in [-0.05, 0) is 43.3 Å². The average Bonchev–Trinajstić information content (AvgIpc) is 3.07. The summed E-state index contributed by atoms with van der Waals surface area (Å²) in [6, 6.07) is 13.4. The Bertz CT molecular complexity index is 976. The Morgan fingerprint density at radius 1 is 1.28 bits per heavy atom. The third-order valence-corrected chi connectivity index (χ3v) is 5.59. The molecule has 29 heavy (non-hydrogen) atoms. The Morgan fingerprint density at radius 2 is 2.07 bits per heavy atom. The van der Waals surface area contributed by atoms with E-state index in [0.717, 1.165) is 16.0 Å². The molecule has 1 atom stereocenters. The van der Waals surface area contributed by atoms with Crippen molar-refractivity contribution >= 4 is 45.5 Å². The van der Waals surface area contributed by atoms with E-state index in [-0.39, 0.29) is 11.2 Å². The van der Waals surface area contributed by atoms with Crippen molar-refractivity contribution in [1.82, 2.24) is 25.2 Å².